The molecular formula is C23H27N3O2S. The van der Waals surface area contributed by atoms with E-state index in [9.17, 15) is 4.79 Å². The molecule has 4 rings (SSSR count). The normalized spacial score (nSPS) is 19.3. The first-order chi connectivity index (χ1) is 14.3. The van der Waals surface area contributed by atoms with Gasteiger partial charge in [-0.15, -0.1) is 0 Å². The van der Waals surface area contributed by atoms with E-state index in [2.05, 4.69) is 27.0 Å². The van der Waals surface area contributed by atoms with E-state index in [0.29, 0.717) is 0 Å². The van der Waals surface area contributed by atoms with E-state index < -0.39 is 0 Å². The molecule has 0 radical (unpaired) electrons. The molecule has 0 aromatic heterocycles. The van der Waals surface area contributed by atoms with Gasteiger partial charge in [-0.25, -0.2) is 0 Å². The number of nitrogens with one attached hydrogen (secondary N) is 1. The summed E-state index contributed by atoms with van der Waals surface area (Å²) in [6.45, 7) is 4.36. The molecule has 0 aliphatic carbocycles. The van der Waals surface area contributed by atoms with Crippen LogP contribution in [0.2, 0.25) is 0 Å². The highest BCUT2D eigenvalue weighted by molar-refractivity contribution is 7.99. The van der Waals surface area contributed by atoms with Gasteiger partial charge in [-0.2, -0.15) is 11.8 Å². The third-order valence-electron chi connectivity index (χ3n) is 5.29. The minimum atomic E-state index is -0.333. The number of para-hydroxylation sites is 1. The van der Waals surface area contributed by atoms with Crippen molar-refractivity contribution in [1.29, 1.82) is 0 Å². The molecule has 1 amide bonds. The van der Waals surface area contributed by atoms with Gasteiger partial charge in [0.1, 0.15) is 11.7 Å². The zero-order valence-electron chi connectivity index (χ0n) is 16.5. The molecule has 5 nitrogen and oxygen atoms in total. The van der Waals surface area contributed by atoms with Gasteiger partial charge in [0.05, 0.1) is 12.3 Å². The number of rotatable bonds is 8. The number of unbranched alkanes of at least 4 members (excludes halogenated alkanes) is 1. The van der Waals surface area contributed by atoms with Crippen LogP contribution >= 0.6 is 11.8 Å². The van der Waals surface area contributed by atoms with Gasteiger partial charge >= 0.3 is 0 Å². The van der Waals surface area contributed by atoms with Crippen molar-refractivity contribution in [3.63, 3.8) is 0 Å². The second-order valence-electron chi connectivity index (χ2n) is 7.34. The van der Waals surface area contributed by atoms with Crippen LogP contribution < -0.4 is 10.1 Å². The Balaban J connectivity index is 1.22. The van der Waals surface area contributed by atoms with E-state index in [1.807, 2.05) is 48.5 Å². The zero-order valence-corrected chi connectivity index (χ0v) is 17.4. The van der Waals surface area contributed by atoms with E-state index in [0.717, 1.165) is 35.7 Å². The molecule has 1 unspecified atom stereocenters. The summed E-state index contributed by atoms with van der Waals surface area (Å²) in [4.78, 5) is 19.2. The predicted octanol–water partition coefficient (Wildman–Crippen LogP) is 4.33. The first-order valence-corrected chi connectivity index (χ1v) is 11.4. The molecule has 2 aliphatic heterocycles. The molecule has 1 saturated heterocycles. The summed E-state index contributed by atoms with van der Waals surface area (Å²) in [6.07, 6.45) is 3.97. The Labute approximate surface area is 176 Å². The highest BCUT2D eigenvalue weighted by Gasteiger charge is 2.28. The maximum atomic E-state index is 12.2. The maximum Gasteiger partial charge on any atom is 0.237 e. The van der Waals surface area contributed by atoms with Crippen molar-refractivity contribution in [2.24, 2.45) is 4.99 Å². The first kappa shape index (κ1) is 20.0. The van der Waals surface area contributed by atoms with Gasteiger partial charge in [0.2, 0.25) is 5.91 Å². The molecule has 152 valence electrons. The molecule has 1 atom stereocenters. The quantitative estimate of drug-likeness (QED) is 0.521. The third-order valence-corrected chi connectivity index (χ3v) is 6.23. The lowest BCUT2D eigenvalue weighted by Crippen LogP contribution is -2.33. The molecule has 0 saturated carbocycles. The fourth-order valence-corrected chi connectivity index (χ4v) is 4.60. The number of aliphatic imine (C=N–C) groups is 1. The summed E-state index contributed by atoms with van der Waals surface area (Å²) < 4.78 is 5.85. The van der Waals surface area contributed by atoms with Crippen molar-refractivity contribution in [3.05, 3.63) is 54.1 Å². The number of ether oxygens (including phenoxy) is 1. The molecule has 0 spiro atoms. The van der Waals surface area contributed by atoms with Crippen LogP contribution in [0.3, 0.4) is 0 Å². The van der Waals surface area contributed by atoms with Crippen LogP contribution in [0.15, 0.2) is 53.5 Å². The Hall–Kier alpha value is -2.31. The van der Waals surface area contributed by atoms with Gasteiger partial charge < -0.3 is 15.0 Å². The summed E-state index contributed by atoms with van der Waals surface area (Å²) in [6, 6.07) is 15.5. The molecule has 1 N–H and O–H groups in total. The Morgan fingerprint density at radius 3 is 2.72 bits per heavy atom. The lowest BCUT2D eigenvalue weighted by atomic mass is 10.0. The number of amides is 1. The lowest BCUT2D eigenvalue weighted by Gasteiger charge is -2.25. The third kappa shape index (κ3) is 5.40. The molecule has 2 heterocycles. The number of carbonyl (C=O) groups is 1. The van der Waals surface area contributed by atoms with Gasteiger partial charge in [-0.3, -0.25) is 9.79 Å². The smallest absolute Gasteiger partial charge is 0.237 e. The van der Waals surface area contributed by atoms with Gasteiger partial charge in [-0.1, -0.05) is 18.2 Å². The van der Waals surface area contributed by atoms with E-state index in [4.69, 9.17) is 4.74 Å². The summed E-state index contributed by atoms with van der Waals surface area (Å²) in [7, 11) is 0. The fourth-order valence-electron chi connectivity index (χ4n) is 3.62. The van der Waals surface area contributed by atoms with E-state index >= 15 is 0 Å². The van der Waals surface area contributed by atoms with Crippen molar-refractivity contribution in [2.75, 3.05) is 43.1 Å². The molecule has 0 bridgehead atoms. The Kier molecular flexibility index (Phi) is 6.85. The largest absolute Gasteiger partial charge is 0.494 e. The van der Waals surface area contributed by atoms with Gasteiger partial charge in [-0.05, 0) is 55.3 Å². The number of hydrogen-bond donors (Lipinski definition) is 1. The monoisotopic (exact) mass is 409 g/mol. The fraction of sp³-hybridized carbons (Fsp3) is 0.391. The average molecular weight is 410 g/mol. The Morgan fingerprint density at radius 1 is 1.10 bits per heavy atom. The zero-order chi connectivity index (χ0) is 19.9. The van der Waals surface area contributed by atoms with Crippen molar-refractivity contribution in [3.8, 4) is 5.75 Å². The summed E-state index contributed by atoms with van der Waals surface area (Å²) in [5.41, 5.74) is 2.67. The molecule has 1 fully saturated rings. The second-order valence-corrected chi connectivity index (χ2v) is 8.56. The maximum absolute atomic E-state index is 12.2. The first-order valence-electron chi connectivity index (χ1n) is 10.3. The molecule has 2 aromatic carbocycles. The number of thioether (sulfide) groups is 1. The topological polar surface area (TPSA) is 53.9 Å². The minimum absolute atomic E-state index is 0.0294. The minimum Gasteiger partial charge on any atom is -0.494 e. The van der Waals surface area contributed by atoms with Crippen LogP contribution in [0.25, 0.3) is 0 Å². The number of anilines is 1. The summed E-state index contributed by atoms with van der Waals surface area (Å²) in [5.74, 6) is 3.04. The Morgan fingerprint density at radius 2 is 1.90 bits per heavy atom. The van der Waals surface area contributed by atoms with Gasteiger partial charge in [0, 0.05) is 36.5 Å². The van der Waals surface area contributed by atoms with Crippen LogP contribution in [0.4, 0.5) is 11.4 Å². The number of nitrogens with zero attached hydrogens (tertiary/aromatic N) is 2. The standard InChI is InChI=1S/C23H27N3O2S/c27-23-21(20-5-1-2-6-22(20)25-23)17-24-18-7-9-19(10-8-18)28-14-4-3-11-26-12-15-29-16-13-26/h1-2,5-10,17,21H,3-4,11-16H2,(H,25,27). The molecule has 6 heteroatoms. The van der Waals surface area contributed by atoms with E-state index in [-0.39, 0.29) is 11.8 Å². The predicted molar refractivity (Wildman–Crippen MR) is 121 cm³/mol. The van der Waals surface area contributed by atoms with Crippen molar-refractivity contribution in [1.82, 2.24) is 4.90 Å². The number of carbonyl (C=O) groups excluding carboxylic acids is 1. The molecule has 2 aliphatic rings. The molecule has 2 aromatic rings. The van der Waals surface area contributed by atoms with Crippen molar-refractivity contribution >= 4 is 35.3 Å². The highest BCUT2D eigenvalue weighted by Crippen LogP contribution is 2.31. The van der Waals surface area contributed by atoms with E-state index in [1.165, 1.54) is 37.6 Å². The van der Waals surface area contributed by atoms with Crippen LogP contribution in [-0.2, 0) is 4.79 Å². The van der Waals surface area contributed by atoms with Crippen LogP contribution in [0, 0.1) is 0 Å². The van der Waals surface area contributed by atoms with Crippen LogP contribution in [0.5, 0.6) is 5.75 Å². The Bertz CT molecular complexity index is 847. The lowest BCUT2D eigenvalue weighted by molar-refractivity contribution is -0.115. The average Bonchev–Trinajstić information content (AvgIpc) is 3.08. The summed E-state index contributed by atoms with van der Waals surface area (Å²) in [5, 5.41) is 2.89. The summed E-state index contributed by atoms with van der Waals surface area (Å²) >= 11 is 2.05. The number of hydrogen-bond acceptors (Lipinski definition) is 5. The highest BCUT2D eigenvalue weighted by atomic mass is 32.2. The van der Waals surface area contributed by atoms with E-state index in [1.54, 1.807) is 6.21 Å². The molecular weight excluding hydrogens is 382 g/mol. The van der Waals surface area contributed by atoms with Gasteiger partial charge in [0.25, 0.3) is 0 Å². The number of benzene rings is 2. The SMILES string of the molecule is O=C1Nc2ccccc2C1C=Nc1ccc(OCCCCN2CCSCC2)cc1. The van der Waals surface area contributed by atoms with Gasteiger partial charge in [0.15, 0.2) is 0 Å². The van der Waals surface area contributed by atoms with Crippen LogP contribution in [0.1, 0.15) is 24.3 Å². The molecule has 29 heavy (non-hydrogen) atoms. The second kappa shape index (κ2) is 9.94. The number of fused-ring (bicyclic) bond motifs is 1. The van der Waals surface area contributed by atoms with Crippen molar-refractivity contribution < 1.29 is 9.53 Å². The van der Waals surface area contributed by atoms with Crippen molar-refractivity contribution in [2.45, 2.75) is 18.8 Å². The van der Waals surface area contributed by atoms with Crippen LogP contribution in [-0.4, -0.2) is 54.8 Å².